The van der Waals surface area contributed by atoms with Crippen LogP contribution in [0.3, 0.4) is 0 Å². The molecule has 7 heteroatoms. The van der Waals surface area contributed by atoms with Crippen LogP contribution in [0.4, 0.5) is 14.5 Å². The van der Waals surface area contributed by atoms with Gasteiger partial charge in [0.1, 0.15) is 11.6 Å². The molecule has 0 aliphatic heterocycles. The van der Waals surface area contributed by atoms with Gasteiger partial charge in [0.15, 0.2) is 0 Å². The Morgan fingerprint density at radius 2 is 1.86 bits per heavy atom. The summed E-state index contributed by atoms with van der Waals surface area (Å²) < 4.78 is 26.2. The zero-order chi connectivity index (χ0) is 16.3. The molecule has 0 fully saturated rings. The maximum atomic E-state index is 13.4. The number of hydrogen-bond donors (Lipinski definition) is 2. The summed E-state index contributed by atoms with van der Waals surface area (Å²) in [6.07, 6.45) is -0.287. The Kier molecular flexibility index (Phi) is 4.72. The van der Waals surface area contributed by atoms with E-state index in [0.29, 0.717) is 6.07 Å². The van der Waals surface area contributed by atoms with Gasteiger partial charge in [-0.2, -0.15) is 0 Å². The van der Waals surface area contributed by atoms with Crippen LogP contribution in [-0.2, 0) is 11.2 Å². The van der Waals surface area contributed by atoms with Gasteiger partial charge in [0.2, 0.25) is 5.91 Å². The lowest BCUT2D eigenvalue weighted by molar-refractivity contribution is -0.115. The number of amides is 1. The van der Waals surface area contributed by atoms with Gasteiger partial charge in [-0.05, 0) is 29.8 Å². The van der Waals surface area contributed by atoms with Gasteiger partial charge >= 0.3 is 5.97 Å². The number of aromatic carboxylic acids is 1. The van der Waals surface area contributed by atoms with E-state index in [-0.39, 0.29) is 28.3 Å². The Labute approximate surface area is 129 Å². The highest BCUT2D eigenvalue weighted by molar-refractivity contribution is 6.33. The number of hydrogen-bond acceptors (Lipinski definition) is 2. The summed E-state index contributed by atoms with van der Waals surface area (Å²) >= 11 is 5.78. The Morgan fingerprint density at radius 1 is 1.14 bits per heavy atom. The highest BCUT2D eigenvalue weighted by Crippen LogP contribution is 2.21. The maximum Gasteiger partial charge on any atom is 0.337 e. The molecule has 0 saturated heterocycles. The van der Waals surface area contributed by atoms with E-state index < -0.39 is 23.5 Å². The van der Waals surface area contributed by atoms with E-state index in [0.717, 1.165) is 6.07 Å². The molecule has 0 aliphatic rings. The standard InChI is InChI=1S/C15H10ClF2NO3/c16-12-7-10(3-4-11(12)15(21)22)19-14(20)5-8-1-2-9(17)6-13(8)18/h1-4,6-7H,5H2,(H,19,20)(H,21,22). The molecule has 4 nitrogen and oxygen atoms in total. The van der Waals surface area contributed by atoms with Crippen LogP contribution in [0.1, 0.15) is 15.9 Å². The van der Waals surface area contributed by atoms with Crippen molar-refractivity contribution in [3.63, 3.8) is 0 Å². The van der Waals surface area contributed by atoms with Crippen LogP contribution in [0, 0.1) is 11.6 Å². The van der Waals surface area contributed by atoms with Crippen molar-refractivity contribution in [2.75, 3.05) is 5.32 Å². The molecule has 0 saturated carbocycles. The van der Waals surface area contributed by atoms with E-state index in [9.17, 15) is 18.4 Å². The molecule has 2 aromatic carbocycles. The highest BCUT2D eigenvalue weighted by Gasteiger charge is 2.12. The third kappa shape index (κ3) is 3.79. The number of carboxylic acids is 1. The summed E-state index contributed by atoms with van der Waals surface area (Å²) in [7, 11) is 0. The van der Waals surface area contributed by atoms with Crippen LogP contribution < -0.4 is 5.32 Å². The average Bonchev–Trinajstić information content (AvgIpc) is 2.41. The number of halogens is 3. The SMILES string of the molecule is O=C(Cc1ccc(F)cc1F)Nc1ccc(C(=O)O)c(Cl)c1. The van der Waals surface area contributed by atoms with Crippen LogP contribution in [0.2, 0.25) is 5.02 Å². The first-order chi connectivity index (χ1) is 10.4. The Morgan fingerprint density at radius 3 is 2.45 bits per heavy atom. The zero-order valence-corrected chi connectivity index (χ0v) is 11.8. The molecular weight excluding hydrogens is 316 g/mol. The Bertz CT molecular complexity index is 750. The van der Waals surface area contributed by atoms with Crippen molar-refractivity contribution in [1.82, 2.24) is 0 Å². The smallest absolute Gasteiger partial charge is 0.337 e. The number of carbonyl (C=O) groups excluding carboxylic acids is 1. The van der Waals surface area contributed by atoms with Gasteiger partial charge in [0.25, 0.3) is 0 Å². The molecule has 2 rings (SSSR count). The number of nitrogens with one attached hydrogen (secondary N) is 1. The molecular formula is C15H10ClF2NO3. The molecule has 1 amide bonds. The largest absolute Gasteiger partial charge is 0.478 e. The van der Waals surface area contributed by atoms with E-state index in [1.54, 1.807) is 0 Å². The number of rotatable bonds is 4. The minimum Gasteiger partial charge on any atom is -0.478 e. The van der Waals surface area contributed by atoms with Gasteiger partial charge in [-0.1, -0.05) is 17.7 Å². The topological polar surface area (TPSA) is 66.4 Å². The van der Waals surface area contributed by atoms with E-state index in [1.165, 1.54) is 24.3 Å². The predicted molar refractivity (Wildman–Crippen MR) is 77.1 cm³/mol. The molecule has 114 valence electrons. The molecule has 2 N–H and O–H groups in total. The van der Waals surface area contributed by atoms with Crippen LogP contribution in [0.25, 0.3) is 0 Å². The van der Waals surface area contributed by atoms with Crippen LogP contribution in [0.15, 0.2) is 36.4 Å². The molecule has 2 aromatic rings. The molecule has 0 radical (unpaired) electrons. The molecule has 0 unspecified atom stereocenters. The summed E-state index contributed by atoms with van der Waals surface area (Å²) in [5.74, 6) is -3.26. The third-order valence-electron chi connectivity index (χ3n) is 2.85. The van der Waals surface area contributed by atoms with Gasteiger partial charge in [0, 0.05) is 11.8 Å². The van der Waals surface area contributed by atoms with Gasteiger partial charge in [0.05, 0.1) is 17.0 Å². The number of carboxylic acid groups (broad SMARTS) is 1. The Balaban J connectivity index is 2.09. The molecule has 0 aromatic heterocycles. The summed E-state index contributed by atoms with van der Waals surface area (Å²) in [4.78, 5) is 22.6. The summed E-state index contributed by atoms with van der Waals surface area (Å²) in [5, 5.41) is 11.3. The molecule has 0 atom stereocenters. The molecule has 0 bridgehead atoms. The van der Waals surface area contributed by atoms with Crippen molar-refractivity contribution in [2.24, 2.45) is 0 Å². The summed E-state index contributed by atoms with van der Waals surface area (Å²) in [5.41, 5.74) is 0.235. The third-order valence-corrected chi connectivity index (χ3v) is 3.16. The first-order valence-electron chi connectivity index (χ1n) is 6.13. The maximum absolute atomic E-state index is 13.4. The first kappa shape index (κ1) is 15.9. The minimum atomic E-state index is -1.18. The molecule has 0 spiro atoms. The predicted octanol–water partition coefficient (Wildman–Crippen LogP) is 3.50. The lowest BCUT2D eigenvalue weighted by Crippen LogP contribution is -2.15. The number of anilines is 1. The number of benzene rings is 2. The van der Waals surface area contributed by atoms with E-state index >= 15 is 0 Å². The van der Waals surface area contributed by atoms with Crippen molar-refractivity contribution in [3.8, 4) is 0 Å². The first-order valence-corrected chi connectivity index (χ1v) is 6.51. The summed E-state index contributed by atoms with van der Waals surface area (Å²) in [6.45, 7) is 0. The van der Waals surface area contributed by atoms with Crippen LogP contribution >= 0.6 is 11.6 Å². The van der Waals surface area contributed by atoms with Crippen molar-refractivity contribution in [3.05, 3.63) is 64.2 Å². The van der Waals surface area contributed by atoms with Crippen LogP contribution in [0.5, 0.6) is 0 Å². The second-order valence-corrected chi connectivity index (χ2v) is 4.87. The van der Waals surface area contributed by atoms with Gasteiger partial charge in [-0.3, -0.25) is 4.79 Å². The zero-order valence-electron chi connectivity index (χ0n) is 11.1. The second-order valence-electron chi connectivity index (χ2n) is 4.46. The molecule has 22 heavy (non-hydrogen) atoms. The van der Waals surface area contributed by atoms with Gasteiger partial charge in [-0.15, -0.1) is 0 Å². The van der Waals surface area contributed by atoms with E-state index in [2.05, 4.69) is 5.32 Å². The lowest BCUT2D eigenvalue weighted by Gasteiger charge is -2.08. The highest BCUT2D eigenvalue weighted by atomic mass is 35.5. The van der Waals surface area contributed by atoms with Gasteiger partial charge in [-0.25, -0.2) is 13.6 Å². The van der Waals surface area contributed by atoms with Crippen LogP contribution in [-0.4, -0.2) is 17.0 Å². The fraction of sp³-hybridized carbons (Fsp3) is 0.0667. The van der Waals surface area contributed by atoms with Crippen molar-refractivity contribution in [1.29, 1.82) is 0 Å². The monoisotopic (exact) mass is 325 g/mol. The van der Waals surface area contributed by atoms with Crippen molar-refractivity contribution >= 4 is 29.2 Å². The number of carbonyl (C=O) groups is 2. The van der Waals surface area contributed by atoms with Crippen molar-refractivity contribution in [2.45, 2.75) is 6.42 Å². The molecule has 0 aliphatic carbocycles. The van der Waals surface area contributed by atoms with Crippen molar-refractivity contribution < 1.29 is 23.5 Å². The fourth-order valence-electron chi connectivity index (χ4n) is 1.81. The second kappa shape index (κ2) is 6.53. The van der Waals surface area contributed by atoms with Gasteiger partial charge < -0.3 is 10.4 Å². The quantitative estimate of drug-likeness (QED) is 0.904. The Hall–Kier alpha value is -2.47. The van der Waals surface area contributed by atoms with E-state index in [4.69, 9.17) is 16.7 Å². The molecule has 0 heterocycles. The summed E-state index contributed by atoms with van der Waals surface area (Å²) in [6, 6.07) is 6.84. The average molecular weight is 326 g/mol. The fourth-order valence-corrected chi connectivity index (χ4v) is 2.07. The minimum absolute atomic E-state index is 0.0294. The van der Waals surface area contributed by atoms with E-state index in [1.807, 2.05) is 0 Å². The normalized spacial score (nSPS) is 10.3. The lowest BCUT2D eigenvalue weighted by atomic mass is 10.1.